The van der Waals surface area contributed by atoms with Crippen LogP contribution in [0.1, 0.15) is 26.3 Å². The van der Waals surface area contributed by atoms with Gasteiger partial charge in [-0.15, -0.1) is 0 Å². The molecule has 0 atom stereocenters. The number of rotatable bonds is 4. The number of nitrogens with zero attached hydrogens (tertiary/aromatic N) is 1. The molecule has 0 aliphatic carbocycles. The molecule has 20 heavy (non-hydrogen) atoms. The Labute approximate surface area is 117 Å². The number of carboxylic acids is 1. The van der Waals surface area contributed by atoms with Gasteiger partial charge in [0.05, 0.1) is 12.1 Å². The monoisotopic (exact) mass is 278 g/mol. The highest BCUT2D eigenvalue weighted by molar-refractivity contribution is 5.93. The van der Waals surface area contributed by atoms with Gasteiger partial charge in [-0.05, 0) is 44.5 Å². The average molecular weight is 278 g/mol. The molecule has 0 radical (unpaired) electrons. The number of aliphatic carboxylic acids is 1. The van der Waals surface area contributed by atoms with Crippen LogP contribution < -0.4 is 5.32 Å². The fourth-order valence-corrected chi connectivity index (χ4v) is 1.33. The zero-order valence-corrected chi connectivity index (χ0v) is 11.7. The number of ether oxygens (including phenoxy) is 1. The molecule has 0 aliphatic rings. The molecule has 0 saturated heterocycles. The van der Waals surface area contributed by atoms with Crippen LogP contribution in [0.25, 0.3) is 6.08 Å². The number of pyridine rings is 1. The van der Waals surface area contributed by atoms with E-state index in [0.717, 1.165) is 0 Å². The second-order valence-corrected chi connectivity index (χ2v) is 5.11. The van der Waals surface area contributed by atoms with E-state index in [2.05, 4.69) is 10.3 Å². The summed E-state index contributed by atoms with van der Waals surface area (Å²) in [6.45, 7) is 5.08. The van der Waals surface area contributed by atoms with Crippen molar-refractivity contribution >= 4 is 18.1 Å². The first-order valence-electron chi connectivity index (χ1n) is 6.08. The zero-order chi connectivity index (χ0) is 15.2. The van der Waals surface area contributed by atoms with Crippen LogP contribution in [0.5, 0.6) is 0 Å². The molecule has 1 aromatic rings. The third-order valence-electron chi connectivity index (χ3n) is 2.14. The minimum Gasteiger partial charge on any atom is -0.478 e. The van der Waals surface area contributed by atoms with E-state index in [1.807, 2.05) is 0 Å². The van der Waals surface area contributed by atoms with Crippen molar-refractivity contribution in [3.63, 3.8) is 0 Å². The first-order valence-corrected chi connectivity index (χ1v) is 6.08. The Kier molecular flexibility index (Phi) is 5.25. The van der Waals surface area contributed by atoms with Gasteiger partial charge in [-0.25, -0.2) is 9.59 Å². The fraction of sp³-hybridized carbons (Fsp3) is 0.357. The smallest absolute Gasteiger partial charge is 0.407 e. The zero-order valence-electron chi connectivity index (χ0n) is 11.7. The number of carbonyl (C=O) groups is 2. The standard InChI is InChI=1S/C14H18N2O4/c1-14(2,3)20-13(19)16-9-11(12(17)18)8-10-4-6-15-7-5-10/h4-8H,9H2,1-3H3,(H,16,19)(H,17,18)/b11-8+. The van der Waals surface area contributed by atoms with Crippen molar-refractivity contribution in [3.8, 4) is 0 Å². The molecule has 1 amide bonds. The average Bonchev–Trinajstić information content (AvgIpc) is 2.33. The summed E-state index contributed by atoms with van der Waals surface area (Å²) in [7, 11) is 0. The molecule has 0 unspecified atom stereocenters. The van der Waals surface area contributed by atoms with E-state index in [0.29, 0.717) is 5.56 Å². The lowest BCUT2D eigenvalue weighted by atomic mass is 10.1. The van der Waals surface area contributed by atoms with Gasteiger partial charge >= 0.3 is 12.1 Å². The molecule has 0 fully saturated rings. The van der Waals surface area contributed by atoms with E-state index in [1.165, 1.54) is 6.08 Å². The van der Waals surface area contributed by atoms with Gasteiger partial charge in [0.1, 0.15) is 5.60 Å². The SMILES string of the molecule is CC(C)(C)OC(=O)NC/C(=C\c1ccncc1)C(=O)O. The molecular weight excluding hydrogens is 260 g/mol. The molecule has 0 saturated carbocycles. The Hall–Kier alpha value is -2.37. The summed E-state index contributed by atoms with van der Waals surface area (Å²) in [6, 6.07) is 3.35. The van der Waals surface area contributed by atoms with Gasteiger partial charge in [0.15, 0.2) is 0 Å². The summed E-state index contributed by atoms with van der Waals surface area (Å²) >= 11 is 0. The van der Waals surface area contributed by atoms with Crippen molar-refractivity contribution in [2.75, 3.05) is 6.54 Å². The summed E-state index contributed by atoms with van der Waals surface area (Å²) in [5, 5.41) is 11.5. The minimum atomic E-state index is -1.10. The van der Waals surface area contributed by atoms with Crippen LogP contribution in [-0.2, 0) is 9.53 Å². The minimum absolute atomic E-state index is 0.0575. The third-order valence-corrected chi connectivity index (χ3v) is 2.14. The van der Waals surface area contributed by atoms with Crippen molar-refractivity contribution < 1.29 is 19.4 Å². The van der Waals surface area contributed by atoms with Crippen LogP contribution in [0.15, 0.2) is 30.1 Å². The van der Waals surface area contributed by atoms with Gasteiger partial charge in [0.2, 0.25) is 0 Å². The molecular formula is C14H18N2O4. The molecule has 0 aromatic carbocycles. The number of nitrogens with one attached hydrogen (secondary N) is 1. The molecule has 6 heteroatoms. The number of carbonyl (C=O) groups excluding carboxylic acids is 1. The van der Waals surface area contributed by atoms with E-state index in [4.69, 9.17) is 9.84 Å². The van der Waals surface area contributed by atoms with E-state index in [9.17, 15) is 9.59 Å². The second-order valence-electron chi connectivity index (χ2n) is 5.11. The number of amides is 1. The van der Waals surface area contributed by atoms with E-state index >= 15 is 0 Å². The lowest BCUT2D eigenvalue weighted by Gasteiger charge is -2.19. The summed E-state index contributed by atoms with van der Waals surface area (Å²) in [4.78, 5) is 26.4. The maximum Gasteiger partial charge on any atom is 0.407 e. The predicted octanol–water partition coefficient (Wildman–Crippen LogP) is 2.07. The molecule has 6 nitrogen and oxygen atoms in total. The molecule has 1 aromatic heterocycles. The Bertz CT molecular complexity index is 504. The van der Waals surface area contributed by atoms with Crippen LogP contribution in [0.4, 0.5) is 4.79 Å². The number of alkyl carbamates (subject to hydrolysis) is 1. The van der Waals surface area contributed by atoms with Gasteiger partial charge in [0, 0.05) is 12.4 Å². The highest BCUT2D eigenvalue weighted by atomic mass is 16.6. The Balaban J connectivity index is 2.68. The first-order chi connectivity index (χ1) is 9.28. The largest absolute Gasteiger partial charge is 0.478 e. The fourth-order valence-electron chi connectivity index (χ4n) is 1.33. The van der Waals surface area contributed by atoms with Crippen molar-refractivity contribution in [2.45, 2.75) is 26.4 Å². The number of carboxylic acid groups (broad SMARTS) is 1. The summed E-state index contributed by atoms with van der Waals surface area (Å²) in [6.07, 6.45) is 3.94. The number of aromatic nitrogens is 1. The predicted molar refractivity (Wildman–Crippen MR) is 74.1 cm³/mol. The highest BCUT2D eigenvalue weighted by Gasteiger charge is 2.17. The lowest BCUT2D eigenvalue weighted by Crippen LogP contribution is -2.34. The summed E-state index contributed by atoms with van der Waals surface area (Å²) < 4.78 is 5.04. The van der Waals surface area contributed by atoms with Crippen molar-refractivity contribution in [2.24, 2.45) is 0 Å². The highest BCUT2D eigenvalue weighted by Crippen LogP contribution is 2.08. The molecule has 1 heterocycles. The Morgan fingerprint density at radius 2 is 1.95 bits per heavy atom. The van der Waals surface area contributed by atoms with Gasteiger partial charge < -0.3 is 15.2 Å². The molecule has 0 spiro atoms. The Morgan fingerprint density at radius 1 is 1.35 bits per heavy atom. The number of hydrogen-bond donors (Lipinski definition) is 2. The van der Waals surface area contributed by atoms with E-state index in [1.54, 1.807) is 45.3 Å². The van der Waals surface area contributed by atoms with Crippen LogP contribution in [0.3, 0.4) is 0 Å². The normalized spacial score (nSPS) is 11.8. The molecule has 108 valence electrons. The Morgan fingerprint density at radius 3 is 2.45 bits per heavy atom. The maximum absolute atomic E-state index is 11.5. The van der Waals surface area contributed by atoms with Gasteiger partial charge in [0.25, 0.3) is 0 Å². The van der Waals surface area contributed by atoms with Crippen molar-refractivity contribution in [1.29, 1.82) is 0 Å². The maximum atomic E-state index is 11.5. The third kappa shape index (κ3) is 5.99. The first kappa shape index (κ1) is 15.7. The van der Waals surface area contributed by atoms with Crippen molar-refractivity contribution in [3.05, 3.63) is 35.7 Å². The molecule has 1 rings (SSSR count). The molecule has 2 N–H and O–H groups in total. The number of hydrogen-bond acceptors (Lipinski definition) is 4. The van der Waals surface area contributed by atoms with Gasteiger partial charge in [-0.3, -0.25) is 4.98 Å². The van der Waals surface area contributed by atoms with Crippen LogP contribution in [-0.4, -0.2) is 34.3 Å². The second kappa shape index (κ2) is 6.70. The van der Waals surface area contributed by atoms with E-state index in [-0.39, 0.29) is 12.1 Å². The van der Waals surface area contributed by atoms with Crippen molar-refractivity contribution in [1.82, 2.24) is 10.3 Å². The summed E-state index contributed by atoms with van der Waals surface area (Å²) in [5.74, 6) is -1.10. The molecule has 0 bridgehead atoms. The van der Waals surface area contributed by atoms with Crippen LogP contribution >= 0.6 is 0 Å². The summed E-state index contributed by atoms with van der Waals surface area (Å²) in [5.41, 5.74) is 0.132. The van der Waals surface area contributed by atoms with Gasteiger partial charge in [-0.2, -0.15) is 0 Å². The lowest BCUT2D eigenvalue weighted by molar-refractivity contribution is -0.132. The quantitative estimate of drug-likeness (QED) is 0.823. The molecule has 0 aliphatic heterocycles. The van der Waals surface area contributed by atoms with Gasteiger partial charge in [-0.1, -0.05) is 0 Å². The van der Waals surface area contributed by atoms with Crippen LogP contribution in [0, 0.1) is 0 Å². The topological polar surface area (TPSA) is 88.5 Å². The van der Waals surface area contributed by atoms with E-state index < -0.39 is 17.7 Å². The van der Waals surface area contributed by atoms with Crippen LogP contribution in [0.2, 0.25) is 0 Å².